The number of carboxylic acids is 1. The summed E-state index contributed by atoms with van der Waals surface area (Å²) in [6.07, 6.45) is 2.41. The van der Waals surface area contributed by atoms with Crippen LogP contribution in [0.5, 0.6) is 0 Å². The first-order chi connectivity index (χ1) is 13.2. The Morgan fingerprint density at radius 2 is 2.04 bits per heavy atom. The van der Waals surface area contributed by atoms with E-state index in [-0.39, 0.29) is 39.6 Å². The highest BCUT2D eigenvalue weighted by Gasteiger charge is 2.35. The fourth-order valence-electron chi connectivity index (χ4n) is 4.07. The Morgan fingerprint density at radius 3 is 2.54 bits per heavy atom. The molecule has 9 heteroatoms. The molecule has 2 heterocycles. The Hall–Kier alpha value is -2.32. The fraction of sp³-hybridized carbons (Fsp3) is 0.474. The van der Waals surface area contributed by atoms with E-state index in [1.54, 1.807) is 28.5 Å². The molecule has 0 amide bonds. The maximum atomic E-state index is 15.0. The van der Waals surface area contributed by atoms with Crippen molar-refractivity contribution in [2.75, 3.05) is 37.0 Å². The number of anilines is 2. The smallest absolute Gasteiger partial charge is 0.343 e. The summed E-state index contributed by atoms with van der Waals surface area (Å²) in [7, 11) is 3.37. The SMILES string of the molecule is CN(C)c1c(C(=O)O)c(=O)c2cc(F)c(N3CCC(N)C3)c(Cl)c2n1C1CC1. The summed E-state index contributed by atoms with van der Waals surface area (Å²) in [4.78, 5) is 28.3. The van der Waals surface area contributed by atoms with Crippen molar-refractivity contribution in [3.8, 4) is 0 Å². The highest BCUT2D eigenvalue weighted by Crippen LogP contribution is 2.45. The van der Waals surface area contributed by atoms with Crippen LogP contribution in [0.3, 0.4) is 0 Å². The second-order valence-corrected chi connectivity index (χ2v) is 8.12. The number of carbonyl (C=O) groups is 1. The maximum Gasteiger partial charge on any atom is 0.343 e. The van der Waals surface area contributed by atoms with E-state index in [0.29, 0.717) is 18.6 Å². The van der Waals surface area contributed by atoms with Crippen molar-refractivity contribution < 1.29 is 14.3 Å². The predicted molar refractivity (Wildman–Crippen MR) is 108 cm³/mol. The van der Waals surface area contributed by atoms with Crippen molar-refractivity contribution in [2.24, 2.45) is 5.73 Å². The Labute approximate surface area is 166 Å². The molecule has 1 aromatic carbocycles. The van der Waals surface area contributed by atoms with Crippen LogP contribution in [-0.2, 0) is 0 Å². The maximum absolute atomic E-state index is 15.0. The van der Waals surface area contributed by atoms with Crippen LogP contribution in [0.15, 0.2) is 10.9 Å². The van der Waals surface area contributed by atoms with Crippen LogP contribution >= 0.6 is 11.6 Å². The molecule has 1 saturated heterocycles. The summed E-state index contributed by atoms with van der Waals surface area (Å²) in [5.41, 5.74) is 5.49. The van der Waals surface area contributed by atoms with E-state index in [0.717, 1.165) is 25.3 Å². The van der Waals surface area contributed by atoms with Gasteiger partial charge in [0.1, 0.15) is 17.2 Å². The minimum absolute atomic E-state index is 0.00959. The molecule has 1 saturated carbocycles. The molecule has 1 atom stereocenters. The van der Waals surface area contributed by atoms with E-state index >= 15 is 4.39 Å². The number of benzene rings is 1. The quantitative estimate of drug-likeness (QED) is 0.807. The lowest BCUT2D eigenvalue weighted by atomic mass is 10.1. The van der Waals surface area contributed by atoms with Crippen LogP contribution in [0.25, 0.3) is 10.9 Å². The summed E-state index contributed by atoms with van der Waals surface area (Å²) in [5, 5.41) is 9.81. The van der Waals surface area contributed by atoms with E-state index in [2.05, 4.69) is 0 Å². The monoisotopic (exact) mass is 408 g/mol. The van der Waals surface area contributed by atoms with Crippen LogP contribution in [0.1, 0.15) is 35.7 Å². The first-order valence-corrected chi connectivity index (χ1v) is 9.61. The summed E-state index contributed by atoms with van der Waals surface area (Å²) < 4.78 is 16.8. The Bertz CT molecular complexity index is 1050. The third-order valence-corrected chi connectivity index (χ3v) is 5.78. The molecular formula is C19H22ClFN4O3. The molecular weight excluding hydrogens is 387 g/mol. The van der Waals surface area contributed by atoms with Gasteiger partial charge < -0.3 is 25.2 Å². The Balaban J connectivity index is 2.13. The van der Waals surface area contributed by atoms with E-state index < -0.39 is 17.2 Å². The first-order valence-electron chi connectivity index (χ1n) is 9.23. The number of fused-ring (bicyclic) bond motifs is 1. The Kier molecular flexibility index (Phi) is 4.50. The molecule has 0 bridgehead atoms. The second-order valence-electron chi connectivity index (χ2n) is 7.74. The van der Waals surface area contributed by atoms with Crippen LogP contribution in [0.4, 0.5) is 15.9 Å². The molecule has 2 fully saturated rings. The second kappa shape index (κ2) is 6.63. The standard InChI is InChI=1S/C19H22ClFN4O3/c1-23(2)18-13(19(27)28)17(26)11-7-12(21)16(24-6-5-9(22)8-24)14(20)15(11)25(18)10-3-4-10/h7,9-10H,3-6,8,22H2,1-2H3,(H,27,28). The molecule has 4 rings (SSSR count). The van der Waals surface area contributed by atoms with Gasteiger partial charge in [0, 0.05) is 39.3 Å². The van der Waals surface area contributed by atoms with Gasteiger partial charge in [0.25, 0.3) is 0 Å². The highest BCUT2D eigenvalue weighted by atomic mass is 35.5. The van der Waals surface area contributed by atoms with Gasteiger partial charge in [-0.1, -0.05) is 11.6 Å². The minimum atomic E-state index is -1.34. The van der Waals surface area contributed by atoms with Gasteiger partial charge in [-0.05, 0) is 25.3 Å². The van der Waals surface area contributed by atoms with Gasteiger partial charge in [0.15, 0.2) is 0 Å². The fourth-order valence-corrected chi connectivity index (χ4v) is 4.47. The lowest BCUT2D eigenvalue weighted by Gasteiger charge is -2.27. The van der Waals surface area contributed by atoms with Gasteiger partial charge in [0.05, 0.1) is 21.6 Å². The zero-order valence-electron chi connectivity index (χ0n) is 15.7. The van der Waals surface area contributed by atoms with Gasteiger partial charge in [-0.3, -0.25) is 4.79 Å². The molecule has 1 aliphatic carbocycles. The molecule has 7 nitrogen and oxygen atoms in total. The molecule has 1 unspecified atom stereocenters. The number of carboxylic acid groups (broad SMARTS) is 1. The average Bonchev–Trinajstić information content (AvgIpc) is 3.36. The third kappa shape index (κ3) is 2.82. The average molecular weight is 409 g/mol. The van der Waals surface area contributed by atoms with Gasteiger partial charge in [-0.15, -0.1) is 0 Å². The predicted octanol–water partition coefficient (Wildman–Crippen LogP) is 2.43. The zero-order valence-corrected chi connectivity index (χ0v) is 16.5. The molecule has 28 heavy (non-hydrogen) atoms. The molecule has 3 N–H and O–H groups in total. The largest absolute Gasteiger partial charge is 0.477 e. The molecule has 0 spiro atoms. The molecule has 1 aromatic heterocycles. The summed E-state index contributed by atoms with van der Waals surface area (Å²) in [6, 6.07) is 1.08. The number of nitrogens with two attached hydrogens (primary N) is 1. The number of hydrogen-bond acceptors (Lipinski definition) is 5. The Morgan fingerprint density at radius 1 is 1.36 bits per heavy atom. The third-order valence-electron chi connectivity index (χ3n) is 5.42. The van der Waals surface area contributed by atoms with Gasteiger partial charge in [-0.25, -0.2) is 9.18 Å². The lowest BCUT2D eigenvalue weighted by molar-refractivity contribution is 0.0695. The van der Waals surface area contributed by atoms with Crippen molar-refractivity contribution in [3.63, 3.8) is 0 Å². The summed E-state index contributed by atoms with van der Waals surface area (Å²) in [5.74, 6) is -1.69. The highest BCUT2D eigenvalue weighted by molar-refractivity contribution is 6.38. The van der Waals surface area contributed by atoms with E-state index in [4.69, 9.17) is 17.3 Å². The molecule has 2 aromatic rings. The number of pyridine rings is 1. The van der Waals surface area contributed by atoms with Crippen molar-refractivity contribution in [2.45, 2.75) is 31.3 Å². The number of aromatic nitrogens is 1. The summed E-state index contributed by atoms with van der Waals surface area (Å²) in [6.45, 7) is 1.05. The number of hydrogen-bond donors (Lipinski definition) is 2. The van der Waals surface area contributed by atoms with E-state index in [9.17, 15) is 14.7 Å². The van der Waals surface area contributed by atoms with Crippen LogP contribution < -0.4 is 21.0 Å². The van der Waals surface area contributed by atoms with Gasteiger partial charge in [0.2, 0.25) is 5.43 Å². The summed E-state index contributed by atoms with van der Waals surface area (Å²) >= 11 is 6.68. The minimum Gasteiger partial charge on any atom is -0.477 e. The van der Waals surface area contributed by atoms with Crippen molar-refractivity contribution in [3.05, 3.63) is 32.7 Å². The molecule has 2 aliphatic rings. The topological polar surface area (TPSA) is 91.8 Å². The number of halogens is 2. The number of aromatic carboxylic acids is 1. The number of rotatable bonds is 4. The van der Waals surface area contributed by atoms with Gasteiger partial charge >= 0.3 is 5.97 Å². The van der Waals surface area contributed by atoms with Crippen molar-refractivity contribution in [1.82, 2.24) is 4.57 Å². The van der Waals surface area contributed by atoms with Crippen molar-refractivity contribution in [1.29, 1.82) is 0 Å². The van der Waals surface area contributed by atoms with Crippen LogP contribution in [0, 0.1) is 5.82 Å². The molecule has 150 valence electrons. The van der Waals surface area contributed by atoms with Crippen LogP contribution in [-0.4, -0.2) is 48.9 Å². The van der Waals surface area contributed by atoms with Crippen LogP contribution in [0.2, 0.25) is 5.02 Å². The molecule has 0 radical (unpaired) electrons. The molecule has 1 aliphatic heterocycles. The normalized spacial score (nSPS) is 19.5. The van der Waals surface area contributed by atoms with E-state index in [1.165, 1.54) is 0 Å². The van der Waals surface area contributed by atoms with E-state index in [1.807, 2.05) is 0 Å². The zero-order chi connectivity index (χ0) is 20.3. The van der Waals surface area contributed by atoms with Crippen molar-refractivity contribution >= 4 is 40.0 Å². The van der Waals surface area contributed by atoms with Gasteiger partial charge in [-0.2, -0.15) is 0 Å². The first kappa shape index (κ1) is 19.0. The lowest BCUT2D eigenvalue weighted by Crippen LogP contribution is -2.29. The number of nitrogens with zero attached hydrogens (tertiary/aromatic N) is 3.